The summed E-state index contributed by atoms with van der Waals surface area (Å²) in [4.78, 5) is 12.3. The monoisotopic (exact) mass is 270 g/mol. The van der Waals surface area contributed by atoms with E-state index in [1.165, 1.54) is 32.1 Å². The minimum atomic E-state index is -0.0116. The molecule has 108 valence electrons. The summed E-state index contributed by atoms with van der Waals surface area (Å²) in [6.07, 6.45) is 12.1. The molecule has 1 nitrogen and oxygen atoms in total. The van der Waals surface area contributed by atoms with Crippen LogP contribution in [0.3, 0.4) is 0 Å². The fourth-order valence-electron chi connectivity index (χ4n) is 5.54. The van der Waals surface area contributed by atoms with Gasteiger partial charge >= 0.3 is 0 Å². The average molecular weight is 270 g/mol. The van der Waals surface area contributed by atoms with E-state index >= 15 is 0 Å². The van der Waals surface area contributed by atoms with Gasteiger partial charge in [-0.05, 0) is 56.8 Å². The highest BCUT2D eigenvalue weighted by Crippen LogP contribution is 2.58. The molecule has 0 spiro atoms. The molecule has 4 rings (SSSR count). The van der Waals surface area contributed by atoms with Gasteiger partial charge in [0.1, 0.15) is 5.78 Å². The maximum absolute atomic E-state index is 12.3. The predicted molar refractivity (Wildman–Crippen MR) is 81.3 cm³/mol. The molecule has 0 amide bonds. The minimum Gasteiger partial charge on any atom is -0.299 e. The van der Waals surface area contributed by atoms with Crippen molar-refractivity contribution in [3.8, 4) is 0 Å². The predicted octanol–water partition coefficient (Wildman–Crippen LogP) is 4.83. The van der Waals surface area contributed by atoms with Crippen molar-refractivity contribution in [2.45, 2.75) is 65.2 Å². The first kappa shape index (κ1) is 12.9. The molecule has 0 radical (unpaired) electrons. The van der Waals surface area contributed by atoms with Crippen molar-refractivity contribution in [2.24, 2.45) is 23.2 Å². The summed E-state index contributed by atoms with van der Waals surface area (Å²) in [5.74, 6) is 2.71. The summed E-state index contributed by atoms with van der Waals surface area (Å²) >= 11 is 0. The Morgan fingerprint density at radius 1 is 1.20 bits per heavy atom. The second-order valence-corrected chi connectivity index (χ2v) is 7.91. The van der Waals surface area contributed by atoms with Crippen LogP contribution in [-0.2, 0) is 4.79 Å². The van der Waals surface area contributed by atoms with E-state index in [9.17, 15) is 4.79 Å². The normalized spacial score (nSPS) is 43.8. The summed E-state index contributed by atoms with van der Waals surface area (Å²) in [6.45, 7) is 4.65. The number of ketones is 1. The van der Waals surface area contributed by atoms with Crippen molar-refractivity contribution >= 4 is 5.78 Å². The highest BCUT2D eigenvalue weighted by Gasteiger charge is 2.52. The van der Waals surface area contributed by atoms with Crippen molar-refractivity contribution in [1.29, 1.82) is 0 Å². The van der Waals surface area contributed by atoms with Crippen LogP contribution in [0.5, 0.6) is 0 Å². The molecule has 0 saturated heterocycles. The largest absolute Gasteiger partial charge is 0.299 e. The topological polar surface area (TPSA) is 17.1 Å². The minimum absolute atomic E-state index is 0.0116. The first-order valence-electron chi connectivity index (χ1n) is 8.53. The van der Waals surface area contributed by atoms with Gasteiger partial charge in [0.25, 0.3) is 0 Å². The van der Waals surface area contributed by atoms with Crippen molar-refractivity contribution in [1.82, 2.24) is 0 Å². The number of allylic oxidation sites excluding steroid dienone is 4. The van der Waals surface area contributed by atoms with E-state index in [0.29, 0.717) is 11.7 Å². The Hall–Kier alpha value is -0.850. The second kappa shape index (κ2) is 4.32. The summed E-state index contributed by atoms with van der Waals surface area (Å²) < 4.78 is 0. The maximum Gasteiger partial charge on any atom is 0.139 e. The quantitative estimate of drug-likeness (QED) is 0.576. The number of hydrogen-bond donors (Lipinski definition) is 0. The van der Waals surface area contributed by atoms with Crippen LogP contribution >= 0.6 is 0 Å². The molecule has 1 heteroatoms. The van der Waals surface area contributed by atoms with Crippen LogP contribution in [-0.4, -0.2) is 5.78 Å². The van der Waals surface area contributed by atoms with E-state index in [1.807, 2.05) is 0 Å². The van der Waals surface area contributed by atoms with E-state index in [0.717, 1.165) is 31.1 Å². The van der Waals surface area contributed by atoms with Gasteiger partial charge < -0.3 is 0 Å². The van der Waals surface area contributed by atoms with Gasteiger partial charge in [0.2, 0.25) is 0 Å². The van der Waals surface area contributed by atoms with Crippen LogP contribution in [0, 0.1) is 23.2 Å². The number of rotatable bonds is 0. The fraction of sp³-hybridized carbons (Fsp3) is 0.737. The molecule has 0 aliphatic heterocycles. The molecule has 2 fully saturated rings. The number of carbonyl (C=O) groups is 1. The molecule has 0 N–H and O–H groups in total. The molecule has 20 heavy (non-hydrogen) atoms. The van der Waals surface area contributed by atoms with Gasteiger partial charge in [-0.2, -0.15) is 0 Å². The van der Waals surface area contributed by atoms with E-state index in [1.54, 1.807) is 16.7 Å². The van der Waals surface area contributed by atoms with Crippen LogP contribution in [0.1, 0.15) is 65.2 Å². The van der Waals surface area contributed by atoms with Gasteiger partial charge in [-0.3, -0.25) is 4.79 Å². The molecule has 4 aliphatic carbocycles. The Kier molecular flexibility index (Phi) is 2.78. The molecular formula is C19H26O. The molecule has 1 unspecified atom stereocenters. The smallest absolute Gasteiger partial charge is 0.139 e. The lowest BCUT2D eigenvalue weighted by molar-refractivity contribution is -0.127. The van der Waals surface area contributed by atoms with Gasteiger partial charge in [-0.1, -0.05) is 36.6 Å². The summed E-state index contributed by atoms with van der Waals surface area (Å²) in [5.41, 5.74) is 5.20. The van der Waals surface area contributed by atoms with Crippen molar-refractivity contribution in [2.75, 3.05) is 0 Å². The van der Waals surface area contributed by atoms with E-state index in [-0.39, 0.29) is 5.41 Å². The molecule has 4 aliphatic rings. The lowest BCUT2D eigenvalue weighted by atomic mass is 9.58. The van der Waals surface area contributed by atoms with Crippen molar-refractivity contribution < 1.29 is 4.79 Å². The Labute approximate surface area is 122 Å². The molecule has 0 heterocycles. The molecule has 0 aromatic carbocycles. The molecule has 0 aromatic heterocycles. The van der Waals surface area contributed by atoms with Crippen molar-refractivity contribution in [3.05, 3.63) is 22.8 Å². The zero-order valence-electron chi connectivity index (χ0n) is 12.9. The van der Waals surface area contributed by atoms with Crippen LogP contribution in [0.25, 0.3) is 0 Å². The highest BCUT2D eigenvalue weighted by atomic mass is 16.1. The van der Waals surface area contributed by atoms with Crippen molar-refractivity contribution in [3.63, 3.8) is 0 Å². The highest BCUT2D eigenvalue weighted by molar-refractivity contribution is 5.88. The Morgan fingerprint density at radius 3 is 2.90 bits per heavy atom. The van der Waals surface area contributed by atoms with E-state index in [4.69, 9.17) is 0 Å². The number of Topliss-reactive ketones (excluding diaryl/α,β-unsaturated/α-hetero) is 1. The summed E-state index contributed by atoms with van der Waals surface area (Å²) in [6, 6.07) is 0. The molecule has 0 bridgehead atoms. The number of fused-ring (bicyclic) bond motifs is 4. The Bertz CT molecular complexity index is 524. The lowest BCUT2D eigenvalue weighted by Crippen LogP contribution is -2.38. The number of carbonyl (C=O) groups excluding carboxylic acids is 1. The summed E-state index contributed by atoms with van der Waals surface area (Å²) in [7, 11) is 0. The maximum atomic E-state index is 12.3. The van der Waals surface area contributed by atoms with Gasteiger partial charge in [0, 0.05) is 17.8 Å². The molecular weight excluding hydrogens is 244 g/mol. The Balaban J connectivity index is 1.68. The summed E-state index contributed by atoms with van der Waals surface area (Å²) in [5, 5.41) is 0. The third-order valence-electron chi connectivity index (χ3n) is 6.78. The molecule has 2 saturated carbocycles. The van der Waals surface area contributed by atoms with E-state index < -0.39 is 0 Å². The van der Waals surface area contributed by atoms with Gasteiger partial charge in [-0.25, -0.2) is 0 Å². The molecule has 4 atom stereocenters. The second-order valence-electron chi connectivity index (χ2n) is 7.91. The average Bonchev–Trinajstić information content (AvgIpc) is 2.74. The zero-order valence-corrected chi connectivity index (χ0v) is 12.9. The molecule has 0 aromatic rings. The number of hydrogen-bond acceptors (Lipinski definition) is 1. The van der Waals surface area contributed by atoms with Crippen LogP contribution < -0.4 is 0 Å². The fourth-order valence-corrected chi connectivity index (χ4v) is 5.54. The van der Waals surface area contributed by atoms with Gasteiger partial charge in [-0.15, -0.1) is 0 Å². The van der Waals surface area contributed by atoms with Gasteiger partial charge in [0.15, 0.2) is 0 Å². The zero-order chi connectivity index (χ0) is 13.9. The Morgan fingerprint density at radius 2 is 2.05 bits per heavy atom. The standard InChI is InChI=1S/C19H26O/c1-12-3-5-14-13(11-12)4-6-16-15(14)9-10-19(2)17(16)7-8-18(19)20/h6,12,15,17H,3-5,7-11H2,1-2H3/t12?,15-,17+,19+/m1/s1. The third kappa shape index (κ3) is 1.64. The first-order chi connectivity index (χ1) is 9.59. The van der Waals surface area contributed by atoms with Gasteiger partial charge in [0.05, 0.1) is 0 Å². The third-order valence-corrected chi connectivity index (χ3v) is 6.78. The lowest BCUT2D eigenvalue weighted by Gasteiger charge is -2.45. The van der Waals surface area contributed by atoms with Crippen LogP contribution in [0.15, 0.2) is 22.8 Å². The first-order valence-corrected chi connectivity index (χ1v) is 8.53. The SMILES string of the molecule is CC1CCC2=C(CC=C3[C@@H]2CC[C@]2(C)C(=O)CC[C@@H]32)C1. The van der Waals surface area contributed by atoms with Crippen LogP contribution in [0.2, 0.25) is 0 Å². The van der Waals surface area contributed by atoms with Crippen LogP contribution in [0.4, 0.5) is 0 Å². The van der Waals surface area contributed by atoms with E-state index in [2.05, 4.69) is 19.9 Å².